The van der Waals surface area contributed by atoms with Gasteiger partial charge in [0.1, 0.15) is 0 Å². The van der Waals surface area contributed by atoms with Gasteiger partial charge < -0.3 is 4.90 Å². The average molecular weight is 139 g/mol. The van der Waals surface area contributed by atoms with Crippen molar-refractivity contribution in [1.82, 2.24) is 0 Å². The van der Waals surface area contributed by atoms with E-state index in [2.05, 4.69) is 7.05 Å². The van der Waals surface area contributed by atoms with Crippen molar-refractivity contribution in [2.75, 3.05) is 13.1 Å². The SMILES string of the molecule is [CH2-][NH+]1CC2CCCC(C2)C1. The number of piperidine rings is 1. The van der Waals surface area contributed by atoms with E-state index >= 15 is 0 Å². The molecule has 0 amide bonds. The molecule has 0 aromatic rings. The Labute approximate surface area is 63.4 Å². The molecule has 1 saturated carbocycles. The number of hydrogen-bond acceptors (Lipinski definition) is 0. The normalized spacial score (nSPS) is 47.1. The lowest BCUT2D eigenvalue weighted by Gasteiger charge is -2.40. The Hall–Kier alpha value is -0.0400. The summed E-state index contributed by atoms with van der Waals surface area (Å²) in [6, 6.07) is 0. The largest absolute Gasteiger partial charge is 0.467 e. The van der Waals surface area contributed by atoms with Gasteiger partial charge in [-0.25, -0.2) is 0 Å². The van der Waals surface area contributed by atoms with Crippen LogP contribution in [0.2, 0.25) is 0 Å². The zero-order valence-electron chi connectivity index (χ0n) is 6.60. The molecular formula is C9H17N. The Morgan fingerprint density at radius 1 is 1.10 bits per heavy atom. The molecule has 1 heterocycles. The summed E-state index contributed by atoms with van der Waals surface area (Å²) in [4.78, 5) is 1.53. The van der Waals surface area contributed by atoms with E-state index in [1.54, 1.807) is 0 Å². The molecule has 1 aliphatic carbocycles. The number of nitrogens with one attached hydrogen (secondary N) is 1. The minimum atomic E-state index is 1.03. The molecule has 2 fully saturated rings. The summed E-state index contributed by atoms with van der Waals surface area (Å²) in [5.74, 6) is 2.06. The highest BCUT2D eigenvalue weighted by molar-refractivity contribution is 4.75. The molecule has 0 aromatic carbocycles. The predicted octanol–water partition coefficient (Wildman–Crippen LogP) is 0.483. The molecule has 1 aliphatic heterocycles. The predicted molar refractivity (Wildman–Crippen MR) is 41.5 cm³/mol. The molecule has 2 atom stereocenters. The number of rotatable bonds is 0. The first-order chi connectivity index (χ1) is 4.84. The maximum atomic E-state index is 4.10. The first kappa shape index (κ1) is 6.66. The minimum Gasteiger partial charge on any atom is -0.467 e. The highest BCUT2D eigenvalue weighted by Crippen LogP contribution is 2.29. The van der Waals surface area contributed by atoms with Gasteiger partial charge in [0.15, 0.2) is 0 Å². The smallest absolute Gasteiger partial charge is 0.0559 e. The van der Waals surface area contributed by atoms with Gasteiger partial charge in [-0.15, -0.1) is 0 Å². The molecule has 2 bridgehead atoms. The van der Waals surface area contributed by atoms with Crippen molar-refractivity contribution < 1.29 is 4.90 Å². The van der Waals surface area contributed by atoms with E-state index in [4.69, 9.17) is 0 Å². The topological polar surface area (TPSA) is 4.44 Å². The van der Waals surface area contributed by atoms with Crippen molar-refractivity contribution in [2.24, 2.45) is 11.8 Å². The number of likely N-dealkylation sites (tertiary alicyclic amines) is 1. The van der Waals surface area contributed by atoms with E-state index < -0.39 is 0 Å². The Kier molecular flexibility index (Phi) is 1.69. The summed E-state index contributed by atoms with van der Waals surface area (Å²) < 4.78 is 0. The third-order valence-corrected chi connectivity index (χ3v) is 3.05. The van der Waals surface area contributed by atoms with Gasteiger partial charge in [0.25, 0.3) is 0 Å². The van der Waals surface area contributed by atoms with Crippen LogP contribution in [-0.2, 0) is 0 Å². The Balaban J connectivity index is 1.98. The molecule has 1 heteroatoms. The van der Waals surface area contributed by atoms with Gasteiger partial charge in [0.2, 0.25) is 0 Å². The van der Waals surface area contributed by atoms with Crippen LogP contribution in [0.4, 0.5) is 0 Å². The summed E-state index contributed by atoms with van der Waals surface area (Å²) in [7, 11) is 4.10. The first-order valence-corrected chi connectivity index (χ1v) is 4.51. The molecule has 2 unspecified atom stereocenters. The summed E-state index contributed by atoms with van der Waals surface area (Å²) in [6.45, 7) is 2.69. The fourth-order valence-electron chi connectivity index (χ4n) is 2.67. The van der Waals surface area contributed by atoms with Gasteiger partial charge in [0, 0.05) is 11.8 Å². The van der Waals surface area contributed by atoms with E-state index in [0.717, 1.165) is 11.8 Å². The lowest BCUT2D eigenvalue weighted by atomic mass is 9.78. The molecule has 0 radical (unpaired) electrons. The average Bonchev–Trinajstić information content (AvgIpc) is 1.85. The van der Waals surface area contributed by atoms with Gasteiger partial charge in [-0.05, 0) is 19.3 Å². The van der Waals surface area contributed by atoms with Gasteiger partial charge in [-0.2, -0.15) is 7.05 Å². The summed E-state index contributed by atoms with van der Waals surface area (Å²) in [6.07, 6.45) is 5.96. The van der Waals surface area contributed by atoms with E-state index in [1.165, 1.54) is 43.7 Å². The molecule has 0 spiro atoms. The standard InChI is InChI=1S/C9H17N/c1-10-6-8-3-2-4-9(5-8)7-10/h8-10H,1-7H2. The van der Waals surface area contributed by atoms with E-state index in [-0.39, 0.29) is 0 Å². The third kappa shape index (κ3) is 1.20. The monoisotopic (exact) mass is 139 g/mol. The van der Waals surface area contributed by atoms with Crippen LogP contribution in [0, 0.1) is 18.9 Å². The zero-order chi connectivity index (χ0) is 6.97. The van der Waals surface area contributed by atoms with Gasteiger partial charge >= 0.3 is 0 Å². The van der Waals surface area contributed by atoms with Crippen LogP contribution in [0.25, 0.3) is 0 Å². The van der Waals surface area contributed by atoms with E-state index in [0.29, 0.717) is 0 Å². The van der Waals surface area contributed by atoms with E-state index in [9.17, 15) is 0 Å². The fourth-order valence-corrected chi connectivity index (χ4v) is 2.67. The molecule has 10 heavy (non-hydrogen) atoms. The first-order valence-electron chi connectivity index (χ1n) is 4.51. The molecular weight excluding hydrogens is 122 g/mol. The van der Waals surface area contributed by atoms with Crippen LogP contribution in [-0.4, -0.2) is 13.1 Å². The van der Waals surface area contributed by atoms with Crippen LogP contribution >= 0.6 is 0 Å². The third-order valence-electron chi connectivity index (χ3n) is 3.05. The molecule has 1 N–H and O–H groups in total. The minimum absolute atomic E-state index is 1.03. The van der Waals surface area contributed by atoms with Crippen molar-refractivity contribution in [3.63, 3.8) is 0 Å². The highest BCUT2D eigenvalue weighted by atomic mass is 15.1. The van der Waals surface area contributed by atoms with Gasteiger partial charge in [-0.3, -0.25) is 0 Å². The van der Waals surface area contributed by atoms with Gasteiger partial charge in [0.05, 0.1) is 13.1 Å². The van der Waals surface area contributed by atoms with Crippen molar-refractivity contribution in [1.29, 1.82) is 0 Å². The number of hydrogen-bond donors (Lipinski definition) is 1. The second-order valence-corrected chi connectivity index (χ2v) is 4.06. The quantitative estimate of drug-likeness (QED) is 0.466. The number of fused-ring (bicyclic) bond motifs is 2. The van der Waals surface area contributed by atoms with Crippen LogP contribution in [0.5, 0.6) is 0 Å². The van der Waals surface area contributed by atoms with Gasteiger partial charge in [-0.1, -0.05) is 6.42 Å². The van der Waals surface area contributed by atoms with Crippen LogP contribution < -0.4 is 4.90 Å². The molecule has 2 aliphatic rings. The Bertz CT molecular complexity index is 106. The fraction of sp³-hybridized carbons (Fsp3) is 0.889. The molecule has 2 rings (SSSR count). The van der Waals surface area contributed by atoms with Crippen molar-refractivity contribution >= 4 is 0 Å². The van der Waals surface area contributed by atoms with Crippen LogP contribution in [0.15, 0.2) is 0 Å². The summed E-state index contributed by atoms with van der Waals surface area (Å²) in [5.41, 5.74) is 0. The second kappa shape index (κ2) is 2.54. The second-order valence-electron chi connectivity index (χ2n) is 4.06. The highest BCUT2D eigenvalue weighted by Gasteiger charge is 2.29. The van der Waals surface area contributed by atoms with Crippen molar-refractivity contribution in [2.45, 2.75) is 25.7 Å². The molecule has 1 saturated heterocycles. The Morgan fingerprint density at radius 3 is 2.30 bits per heavy atom. The van der Waals surface area contributed by atoms with Crippen molar-refractivity contribution in [3.8, 4) is 0 Å². The lowest BCUT2D eigenvalue weighted by molar-refractivity contribution is -0.868. The zero-order valence-corrected chi connectivity index (χ0v) is 6.60. The molecule has 0 aromatic heterocycles. The van der Waals surface area contributed by atoms with Crippen LogP contribution in [0.3, 0.4) is 0 Å². The van der Waals surface area contributed by atoms with Crippen LogP contribution in [0.1, 0.15) is 25.7 Å². The summed E-state index contributed by atoms with van der Waals surface area (Å²) in [5, 5.41) is 0. The maximum Gasteiger partial charge on any atom is 0.0559 e. The molecule has 1 nitrogen and oxygen atoms in total. The lowest BCUT2D eigenvalue weighted by Crippen LogP contribution is -3.09. The Morgan fingerprint density at radius 2 is 1.70 bits per heavy atom. The van der Waals surface area contributed by atoms with E-state index in [1.807, 2.05) is 0 Å². The summed E-state index contributed by atoms with van der Waals surface area (Å²) >= 11 is 0. The molecule has 58 valence electrons. The van der Waals surface area contributed by atoms with Crippen molar-refractivity contribution in [3.05, 3.63) is 7.05 Å². The number of quaternary nitrogens is 1. The maximum absolute atomic E-state index is 4.10.